The molecule has 0 N–H and O–H groups in total. The molecule has 22 heavy (non-hydrogen) atoms. The highest BCUT2D eigenvalue weighted by molar-refractivity contribution is 5.83. The molecule has 1 amide bonds. The van der Waals surface area contributed by atoms with E-state index in [0.717, 1.165) is 25.8 Å². The first-order valence-corrected chi connectivity index (χ1v) is 8.77. The Bertz CT molecular complexity index is 401. The summed E-state index contributed by atoms with van der Waals surface area (Å²) in [5.74, 6) is 1.09. The lowest BCUT2D eigenvalue weighted by Gasteiger charge is -2.32. The zero-order valence-electron chi connectivity index (χ0n) is 15.7. The van der Waals surface area contributed by atoms with Crippen molar-refractivity contribution in [1.82, 2.24) is 4.90 Å². The molecular weight excluding hydrogens is 274 g/mol. The molecule has 1 fully saturated rings. The second-order valence-electron chi connectivity index (χ2n) is 8.99. The monoisotopic (exact) mass is 309 g/mol. The number of ketones is 1. The number of amides is 1. The summed E-state index contributed by atoms with van der Waals surface area (Å²) in [7, 11) is 0. The Labute approximate surface area is 136 Å². The molecule has 3 nitrogen and oxygen atoms in total. The summed E-state index contributed by atoms with van der Waals surface area (Å²) >= 11 is 0. The van der Waals surface area contributed by atoms with E-state index in [1.165, 1.54) is 0 Å². The fourth-order valence-corrected chi connectivity index (χ4v) is 3.40. The second kappa shape index (κ2) is 7.14. The van der Waals surface area contributed by atoms with Crippen LogP contribution in [0.4, 0.5) is 0 Å². The van der Waals surface area contributed by atoms with Gasteiger partial charge in [0.1, 0.15) is 5.78 Å². The Morgan fingerprint density at radius 1 is 1.09 bits per heavy atom. The van der Waals surface area contributed by atoms with E-state index < -0.39 is 0 Å². The number of unbranched alkanes of at least 4 members (excludes halogenated alkanes) is 2. The Morgan fingerprint density at radius 3 is 2.14 bits per heavy atom. The molecule has 0 aromatic carbocycles. The van der Waals surface area contributed by atoms with Gasteiger partial charge in [-0.2, -0.15) is 0 Å². The van der Waals surface area contributed by atoms with Gasteiger partial charge in [-0.15, -0.1) is 0 Å². The minimum atomic E-state index is -0.223. The molecule has 0 aromatic heterocycles. The van der Waals surface area contributed by atoms with Crippen molar-refractivity contribution >= 4 is 11.7 Å². The first kappa shape index (κ1) is 19.2. The lowest BCUT2D eigenvalue weighted by atomic mass is 9.77. The number of nitrogens with zero attached hydrogens (tertiary/aromatic N) is 1. The molecule has 1 rings (SSSR count). The van der Waals surface area contributed by atoms with Gasteiger partial charge in [-0.3, -0.25) is 9.59 Å². The number of Topliss-reactive ketones (excluding diaryl/α,β-unsaturated/α-hetero) is 1. The van der Waals surface area contributed by atoms with Crippen LogP contribution in [0.3, 0.4) is 0 Å². The maximum atomic E-state index is 12.2. The van der Waals surface area contributed by atoms with Crippen LogP contribution in [-0.4, -0.2) is 29.2 Å². The Kier molecular flexibility index (Phi) is 6.23. The van der Waals surface area contributed by atoms with Crippen LogP contribution in [0.15, 0.2) is 0 Å². The van der Waals surface area contributed by atoms with Gasteiger partial charge in [0.25, 0.3) is 0 Å². The van der Waals surface area contributed by atoms with Crippen molar-refractivity contribution in [2.24, 2.45) is 16.7 Å². The first-order chi connectivity index (χ1) is 9.94. The molecule has 128 valence electrons. The Hall–Kier alpha value is -0.860. The molecule has 1 saturated heterocycles. The zero-order chi connectivity index (χ0) is 17.1. The smallest absolute Gasteiger partial charge is 0.223 e. The summed E-state index contributed by atoms with van der Waals surface area (Å²) in [5.41, 5.74) is -0.0394. The van der Waals surface area contributed by atoms with E-state index in [-0.39, 0.29) is 10.8 Å². The van der Waals surface area contributed by atoms with Crippen LogP contribution in [0.5, 0.6) is 0 Å². The quantitative estimate of drug-likeness (QED) is 0.680. The third kappa shape index (κ3) is 5.10. The molecule has 2 atom stereocenters. The van der Waals surface area contributed by atoms with Crippen molar-refractivity contribution in [3.05, 3.63) is 0 Å². The minimum Gasteiger partial charge on any atom is -0.340 e. The summed E-state index contributed by atoms with van der Waals surface area (Å²) in [6, 6.07) is 0.337. The molecular formula is C19H35NO2. The normalized spacial score (nSPS) is 23.2. The molecule has 0 aromatic rings. The average Bonchev–Trinajstić information content (AvgIpc) is 2.64. The number of hydrogen-bond donors (Lipinski definition) is 0. The molecule has 0 aliphatic carbocycles. The van der Waals surface area contributed by atoms with E-state index in [1.54, 1.807) is 0 Å². The van der Waals surface area contributed by atoms with Crippen LogP contribution in [-0.2, 0) is 9.59 Å². The van der Waals surface area contributed by atoms with E-state index in [2.05, 4.69) is 32.6 Å². The van der Waals surface area contributed by atoms with E-state index in [4.69, 9.17) is 0 Å². The maximum absolute atomic E-state index is 12.2. The minimum absolute atomic E-state index is 0.183. The van der Waals surface area contributed by atoms with Gasteiger partial charge in [-0.25, -0.2) is 0 Å². The largest absolute Gasteiger partial charge is 0.340 e. The van der Waals surface area contributed by atoms with Gasteiger partial charge in [0.15, 0.2) is 0 Å². The van der Waals surface area contributed by atoms with Crippen LogP contribution in [0.2, 0.25) is 0 Å². The molecule has 0 bridgehead atoms. The summed E-state index contributed by atoms with van der Waals surface area (Å²) in [4.78, 5) is 26.2. The molecule has 0 saturated carbocycles. The standard InChI is InChI=1S/C19H35NO2/c1-14-15(18(2,3)4)13-17(22)20(14)12-10-8-9-11-16(21)19(5,6)7/h14-15H,8-13H2,1-7H3. The topological polar surface area (TPSA) is 37.4 Å². The Morgan fingerprint density at radius 2 is 1.68 bits per heavy atom. The van der Waals surface area contributed by atoms with Gasteiger partial charge < -0.3 is 4.90 Å². The van der Waals surface area contributed by atoms with Crippen LogP contribution in [0.25, 0.3) is 0 Å². The number of rotatable bonds is 6. The number of likely N-dealkylation sites (tertiary alicyclic amines) is 1. The van der Waals surface area contributed by atoms with Crippen molar-refractivity contribution in [3.63, 3.8) is 0 Å². The number of carbonyl (C=O) groups excluding carboxylic acids is 2. The van der Waals surface area contributed by atoms with Crippen LogP contribution in [0, 0.1) is 16.7 Å². The van der Waals surface area contributed by atoms with E-state index in [1.807, 2.05) is 20.8 Å². The van der Waals surface area contributed by atoms with Gasteiger partial charge in [-0.05, 0) is 31.1 Å². The summed E-state index contributed by atoms with van der Waals surface area (Å²) in [6.07, 6.45) is 4.32. The molecule has 0 radical (unpaired) electrons. The summed E-state index contributed by atoms with van der Waals surface area (Å²) in [6.45, 7) is 15.6. The fraction of sp³-hybridized carbons (Fsp3) is 0.895. The van der Waals surface area contributed by atoms with E-state index >= 15 is 0 Å². The van der Waals surface area contributed by atoms with Crippen molar-refractivity contribution in [3.8, 4) is 0 Å². The molecule has 1 aliphatic rings. The number of carbonyl (C=O) groups is 2. The third-order valence-electron chi connectivity index (χ3n) is 5.04. The lowest BCUT2D eigenvalue weighted by molar-refractivity contribution is -0.129. The van der Waals surface area contributed by atoms with Crippen molar-refractivity contribution in [2.45, 2.75) is 86.6 Å². The third-order valence-corrected chi connectivity index (χ3v) is 5.04. The average molecular weight is 309 g/mol. The molecule has 0 spiro atoms. The van der Waals surface area contributed by atoms with Gasteiger partial charge in [0, 0.05) is 30.8 Å². The van der Waals surface area contributed by atoms with Gasteiger partial charge in [0.05, 0.1) is 0 Å². The second-order valence-corrected chi connectivity index (χ2v) is 8.99. The maximum Gasteiger partial charge on any atom is 0.223 e. The Balaban J connectivity index is 2.34. The highest BCUT2D eigenvalue weighted by Gasteiger charge is 2.42. The van der Waals surface area contributed by atoms with Crippen LogP contribution >= 0.6 is 0 Å². The van der Waals surface area contributed by atoms with Gasteiger partial charge in [0.2, 0.25) is 5.91 Å². The predicted octanol–water partition coefficient (Wildman–Crippen LogP) is 4.45. The lowest BCUT2D eigenvalue weighted by Crippen LogP contribution is -2.37. The predicted molar refractivity (Wildman–Crippen MR) is 91.7 cm³/mol. The zero-order valence-corrected chi connectivity index (χ0v) is 15.7. The van der Waals surface area contributed by atoms with Crippen molar-refractivity contribution < 1.29 is 9.59 Å². The van der Waals surface area contributed by atoms with Crippen molar-refractivity contribution in [2.75, 3.05) is 6.54 Å². The van der Waals surface area contributed by atoms with Gasteiger partial charge in [-0.1, -0.05) is 48.0 Å². The number of hydrogen-bond acceptors (Lipinski definition) is 2. The highest BCUT2D eigenvalue weighted by atomic mass is 16.2. The van der Waals surface area contributed by atoms with E-state index in [0.29, 0.717) is 36.5 Å². The SMILES string of the molecule is CC1C(C(C)(C)C)CC(=O)N1CCCCCC(=O)C(C)(C)C. The summed E-state index contributed by atoms with van der Waals surface area (Å²) < 4.78 is 0. The van der Waals surface area contributed by atoms with Crippen molar-refractivity contribution in [1.29, 1.82) is 0 Å². The van der Waals surface area contributed by atoms with E-state index in [9.17, 15) is 9.59 Å². The first-order valence-electron chi connectivity index (χ1n) is 8.77. The molecule has 3 heteroatoms. The van der Waals surface area contributed by atoms with Gasteiger partial charge >= 0.3 is 0 Å². The molecule has 2 unspecified atom stereocenters. The van der Waals surface area contributed by atoms with Crippen LogP contribution < -0.4 is 0 Å². The molecule has 1 heterocycles. The van der Waals surface area contributed by atoms with Crippen LogP contribution in [0.1, 0.15) is 80.6 Å². The molecule has 1 aliphatic heterocycles. The summed E-state index contributed by atoms with van der Waals surface area (Å²) in [5, 5.41) is 0. The highest BCUT2D eigenvalue weighted by Crippen LogP contribution is 2.39. The fourth-order valence-electron chi connectivity index (χ4n) is 3.40.